The van der Waals surface area contributed by atoms with E-state index < -0.39 is 6.04 Å². The Kier molecular flexibility index (Phi) is 8.33. The Morgan fingerprint density at radius 2 is 1.83 bits per heavy atom. The molecule has 1 atom stereocenters. The summed E-state index contributed by atoms with van der Waals surface area (Å²) in [6.45, 7) is 9.03. The Labute approximate surface area is 211 Å². The summed E-state index contributed by atoms with van der Waals surface area (Å²) in [6.07, 6.45) is 0.754. The van der Waals surface area contributed by atoms with Gasteiger partial charge in [-0.3, -0.25) is 9.69 Å². The van der Waals surface area contributed by atoms with Crippen molar-refractivity contribution in [2.45, 2.75) is 52.9 Å². The highest BCUT2D eigenvalue weighted by Gasteiger charge is 2.30. The lowest BCUT2D eigenvalue weighted by Crippen LogP contribution is -2.37. The van der Waals surface area contributed by atoms with Crippen LogP contribution in [0.4, 0.5) is 5.00 Å². The third-order valence-electron chi connectivity index (χ3n) is 6.23. The predicted molar refractivity (Wildman–Crippen MR) is 141 cm³/mol. The van der Waals surface area contributed by atoms with E-state index in [-0.39, 0.29) is 11.9 Å². The largest absolute Gasteiger partial charge is 0.462 e. The first kappa shape index (κ1) is 25.1. The second kappa shape index (κ2) is 11.6. The smallest absolute Gasteiger partial charge is 0.341 e. The molecule has 0 radical (unpaired) electrons. The minimum Gasteiger partial charge on any atom is -0.462 e. The third-order valence-corrected chi connectivity index (χ3v) is 7.36. The number of benzene rings is 2. The van der Waals surface area contributed by atoms with Crippen LogP contribution in [0.1, 0.15) is 51.3 Å². The van der Waals surface area contributed by atoms with E-state index >= 15 is 0 Å². The van der Waals surface area contributed by atoms with Crippen molar-refractivity contribution in [3.8, 4) is 0 Å². The van der Waals surface area contributed by atoms with Crippen molar-refractivity contribution < 1.29 is 14.3 Å². The summed E-state index contributed by atoms with van der Waals surface area (Å²) in [6, 6.07) is 18.2. The molecule has 35 heavy (non-hydrogen) atoms. The van der Waals surface area contributed by atoms with Gasteiger partial charge < -0.3 is 15.4 Å². The van der Waals surface area contributed by atoms with E-state index in [1.165, 1.54) is 22.5 Å². The van der Waals surface area contributed by atoms with Gasteiger partial charge in [-0.05, 0) is 43.9 Å². The molecular weight excluding hydrogens is 458 g/mol. The Balaban J connectivity index is 1.46. The van der Waals surface area contributed by atoms with Crippen molar-refractivity contribution in [2.75, 3.05) is 18.5 Å². The van der Waals surface area contributed by atoms with Crippen molar-refractivity contribution in [2.24, 2.45) is 0 Å². The Morgan fingerprint density at radius 1 is 1.09 bits per heavy atom. The molecule has 1 aromatic heterocycles. The van der Waals surface area contributed by atoms with E-state index in [0.29, 0.717) is 23.7 Å². The normalized spacial score (nSPS) is 14.3. The maximum Gasteiger partial charge on any atom is 0.341 e. The van der Waals surface area contributed by atoms with Gasteiger partial charge in [-0.1, -0.05) is 60.2 Å². The predicted octanol–water partition coefficient (Wildman–Crippen LogP) is 4.91. The van der Waals surface area contributed by atoms with Gasteiger partial charge in [-0.15, -0.1) is 11.3 Å². The van der Waals surface area contributed by atoms with Crippen LogP contribution in [0.3, 0.4) is 0 Å². The third kappa shape index (κ3) is 6.36. The van der Waals surface area contributed by atoms with Crippen LogP contribution >= 0.6 is 11.3 Å². The number of carbonyl (C=O) groups is 2. The molecule has 3 aromatic rings. The van der Waals surface area contributed by atoms with Crippen LogP contribution in [0, 0.1) is 6.92 Å². The highest BCUT2D eigenvalue weighted by atomic mass is 32.1. The van der Waals surface area contributed by atoms with Crippen LogP contribution in [-0.4, -0.2) is 36.0 Å². The molecule has 0 saturated heterocycles. The fourth-order valence-electron chi connectivity index (χ4n) is 4.23. The number of anilines is 1. The van der Waals surface area contributed by atoms with E-state index in [0.717, 1.165) is 42.1 Å². The monoisotopic (exact) mass is 491 g/mol. The second-order valence-electron chi connectivity index (χ2n) is 8.95. The Morgan fingerprint density at radius 3 is 2.54 bits per heavy atom. The Hall–Kier alpha value is -3.00. The minimum absolute atomic E-state index is 0.164. The number of nitrogens with zero attached hydrogens (tertiary/aromatic N) is 1. The van der Waals surface area contributed by atoms with Crippen LogP contribution in [0.5, 0.6) is 0 Å². The molecule has 184 valence electrons. The molecule has 7 heteroatoms. The molecule has 0 aliphatic carbocycles. The van der Waals surface area contributed by atoms with Crippen LogP contribution < -0.4 is 10.6 Å². The highest BCUT2D eigenvalue weighted by Crippen LogP contribution is 2.38. The van der Waals surface area contributed by atoms with E-state index in [1.54, 1.807) is 6.92 Å². The van der Waals surface area contributed by atoms with Gasteiger partial charge in [-0.25, -0.2) is 4.79 Å². The molecule has 2 heterocycles. The molecule has 1 aliphatic rings. The lowest BCUT2D eigenvalue weighted by Gasteiger charge is -2.27. The molecule has 6 nitrogen and oxygen atoms in total. The fourth-order valence-corrected chi connectivity index (χ4v) is 5.51. The fraction of sp³-hybridized carbons (Fsp3) is 0.357. The second-order valence-corrected chi connectivity index (χ2v) is 10.1. The molecule has 0 saturated carbocycles. The van der Waals surface area contributed by atoms with Crippen molar-refractivity contribution >= 4 is 28.2 Å². The van der Waals surface area contributed by atoms with Crippen LogP contribution in [0.15, 0.2) is 54.6 Å². The zero-order valence-corrected chi connectivity index (χ0v) is 21.4. The topological polar surface area (TPSA) is 70.7 Å². The number of esters is 1. The first-order chi connectivity index (χ1) is 16.9. The number of aryl methyl sites for hydroxylation is 1. The quantitative estimate of drug-likeness (QED) is 0.416. The van der Waals surface area contributed by atoms with E-state index in [2.05, 4.69) is 71.0 Å². The first-order valence-corrected chi connectivity index (χ1v) is 12.9. The summed E-state index contributed by atoms with van der Waals surface area (Å²) in [7, 11) is 0. The molecule has 1 aliphatic heterocycles. The summed E-state index contributed by atoms with van der Waals surface area (Å²) in [5.41, 5.74) is 5.11. The lowest BCUT2D eigenvalue weighted by molar-refractivity contribution is -0.117. The zero-order valence-electron chi connectivity index (χ0n) is 20.6. The zero-order chi connectivity index (χ0) is 24.8. The number of fused-ring (bicyclic) bond motifs is 1. The van der Waals surface area contributed by atoms with Gasteiger partial charge in [0, 0.05) is 31.1 Å². The number of hydrogen-bond donors (Lipinski definition) is 2. The number of thiophene rings is 1. The van der Waals surface area contributed by atoms with Crippen LogP contribution in [0.25, 0.3) is 0 Å². The van der Waals surface area contributed by atoms with Gasteiger partial charge in [0.15, 0.2) is 0 Å². The maximum atomic E-state index is 13.0. The molecule has 0 spiro atoms. The molecular formula is C28H33N3O3S. The number of rotatable bonds is 9. The molecule has 4 rings (SSSR count). The van der Waals surface area contributed by atoms with E-state index in [4.69, 9.17) is 4.74 Å². The molecule has 0 bridgehead atoms. The van der Waals surface area contributed by atoms with Crippen molar-refractivity contribution in [3.05, 3.63) is 87.3 Å². The van der Waals surface area contributed by atoms with Gasteiger partial charge in [0.25, 0.3) is 0 Å². The van der Waals surface area contributed by atoms with Crippen molar-refractivity contribution in [1.29, 1.82) is 0 Å². The number of hydrogen-bond acceptors (Lipinski definition) is 6. The van der Waals surface area contributed by atoms with Gasteiger partial charge in [-0.2, -0.15) is 0 Å². The summed E-state index contributed by atoms with van der Waals surface area (Å²) in [5.74, 6) is -0.528. The first-order valence-electron chi connectivity index (χ1n) is 12.1. The molecule has 0 fully saturated rings. The maximum absolute atomic E-state index is 13.0. The van der Waals surface area contributed by atoms with Crippen LogP contribution in [-0.2, 0) is 35.6 Å². The standard InChI is InChI=1S/C28H33N3O3S/c1-4-34-28(33)25-23-14-15-31(17-22-8-6-5-7-9-22)18-24(23)35-27(25)30-26(32)20(3)29-16-21-12-10-19(2)11-13-21/h5-13,20,29H,4,14-18H2,1-3H3,(H,30,32)/t20-/m0/s1. The molecule has 1 amide bonds. The number of nitrogens with one attached hydrogen (secondary N) is 2. The molecule has 2 N–H and O–H groups in total. The average Bonchev–Trinajstić information content (AvgIpc) is 3.21. The summed E-state index contributed by atoms with van der Waals surface area (Å²) in [5, 5.41) is 6.88. The lowest BCUT2D eigenvalue weighted by atomic mass is 10.0. The van der Waals surface area contributed by atoms with Gasteiger partial charge in [0.05, 0.1) is 18.2 Å². The van der Waals surface area contributed by atoms with Gasteiger partial charge in [0.2, 0.25) is 5.91 Å². The summed E-state index contributed by atoms with van der Waals surface area (Å²) >= 11 is 1.49. The van der Waals surface area contributed by atoms with Crippen LogP contribution in [0.2, 0.25) is 0 Å². The molecule has 0 unspecified atom stereocenters. The minimum atomic E-state index is -0.417. The van der Waals surface area contributed by atoms with Gasteiger partial charge >= 0.3 is 5.97 Å². The molecule has 2 aromatic carbocycles. The Bertz CT molecular complexity index is 1160. The van der Waals surface area contributed by atoms with E-state index in [1.807, 2.05) is 13.0 Å². The SMILES string of the molecule is CCOC(=O)c1c(NC(=O)[C@H](C)NCc2ccc(C)cc2)sc2c1CCN(Cc1ccccc1)C2. The summed E-state index contributed by atoms with van der Waals surface area (Å²) in [4.78, 5) is 29.4. The van der Waals surface area contributed by atoms with Crippen molar-refractivity contribution in [1.82, 2.24) is 10.2 Å². The number of amides is 1. The van der Waals surface area contributed by atoms with Gasteiger partial charge in [0.1, 0.15) is 5.00 Å². The van der Waals surface area contributed by atoms with E-state index in [9.17, 15) is 9.59 Å². The highest BCUT2D eigenvalue weighted by molar-refractivity contribution is 7.17. The number of carbonyl (C=O) groups excluding carboxylic acids is 2. The summed E-state index contributed by atoms with van der Waals surface area (Å²) < 4.78 is 5.36. The average molecular weight is 492 g/mol. The van der Waals surface area contributed by atoms with Crippen molar-refractivity contribution in [3.63, 3.8) is 0 Å². The number of ether oxygens (including phenoxy) is 1.